The Bertz CT molecular complexity index is 289. The first kappa shape index (κ1) is 10.7. The highest BCUT2D eigenvalue weighted by atomic mass is 15.2. The third-order valence-electron chi connectivity index (χ3n) is 3.01. The van der Waals surface area contributed by atoms with Gasteiger partial charge in [0.1, 0.15) is 0 Å². The number of aromatic nitrogens is 2. The Morgan fingerprint density at radius 2 is 2.33 bits per heavy atom. The molecule has 3 heteroatoms. The second kappa shape index (κ2) is 5.31. The third-order valence-corrected chi connectivity index (χ3v) is 3.01. The summed E-state index contributed by atoms with van der Waals surface area (Å²) in [4.78, 5) is 0. The Morgan fingerprint density at radius 1 is 1.47 bits per heavy atom. The lowest BCUT2D eigenvalue weighted by Crippen LogP contribution is -2.18. The molecule has 1 aromatic heterocycles. The van der Waals surface area contributed by atoms with E-state index in [-0.39, 0.29) is 0 Å². The van der Waals surface area contributed by atoms with Crippen LogP contribution in [0.15, 0.2) is 12.4 Å². The van der Waals surface area contributed by atoms with Crippen LogP contribution in [0.3, 0.4) is 0 Å². The van der Waals surface area contributed by atoms with Gasteiger partial charge in [-0.15, -0.1) is 0 Å². The summed E-state index contributed by atoms with van der Waals surface area (Å²) < 4.78 is 1.86. The van der Waals surface area contributed by atoms with E-state index in [2.05, 4.69) is 16.6 Å². The molecule has 0 amide bonds. The lowest BCUT2D eigenvalue weighted by atomic mass is 10.2. The first-order valence-corrected chi connectivity index (χ1v) is 6.03. The van der Waals surface area contributed by atoms with Gasteiger partial charge in [0.2, 0.25) is 0 Å². The molecule has 3 nitrogen and oxygen atoms in total. The maximum atomic E-state index is 4.15. The summed E-state index contributed by atoms with van der Waals surface area (Å²) in [7, 11) is 1.96. The van der Waals surface area contributed by atoms with Crippen LogP contribution in [-0.4, -0.2) is 22.9 Å². The topological polar surface area (TPSA) is 29.9 Å². The Balaban J connectivity index is 1.47. The van der Waals surface area contributed by atoms with Gasteiger partial charge in [-0.2, -0.15) is 5.10 Å². The predicted molar refractivity (Wildman–Crippen MR) is 61.7 cm³/mol. The third kappa shape index (κ3) is 4.04. The zero-order chi connectivity index (χ0) is 10.5. The first-order valence-electron chi connectivity index (χ1n) is 6.03. The predicted octanol–water partition coefficient (Wildman–Crippen LogP) is 1.74. The van der Waals surface area contributed by atoms with Gasteiger partial charge in [-0.1, -0.05) is 12.8 Å². The van der Waals surface area contributed by atoms with Gasteiger partial charge in [0.25, 0.3) is 0 Å². The van der Waals surface area contributed by atoms with Crippen molar-refractivity contribution in [3.05, 3.63) is 18.0 Å². The fourth-order valence-corrected chi connectivity index (χ4v) is 1.88. The molecular formula is C12H21N3. The summed E-state index contributed by atoms with van der Waals surface area (Å²) in [5.41, 5.74) is 1.33. The van der Waals surface area contributed by atoms with E-state index in [1.165, 1.54) is 37.8 Å². The van der Waals surface area contributed by atoms with Crippen molar-refractivity contribution in [3.8, 4) is 0 Å². The van der Waals surface area contributed by atoms with Gasteiger partial charge in [0.05, 0.1) is 6.20 Å². The van der Waals surface area contributed by atoms with E-state index in [0.29, 0.717) is 0 Å². The molecule has 0 aliphatic heterocycles. The summed E-state index contributed by atoms with van der Waals surface area (Å²) in [5, 5.41) is 7.64. The Hall–Kier alpha value is -0.830. The van der Waals surface area contributed by atoms with Crippen LogP contribution < -0.4 is 5.32 Å². The van der Waals surface area contributed by atoms with E-state index in [4.69, 9.17) is 0 Å². The molecule has 1 fully saturated rings. The smallest absolute Gasteiger partial charge is 0.0522 e. The molecule has 1 aromatic rings. The van der Waals surface area contributed by atoms with Crippen LogP contribution in [0.1, 0.15) is 31.2 Å². The molecule has 0 atom stereocenters. The van der Waals surface area contributed by atoms with Gasteiger partial charge in [-0.05, 0) is 43.8 Å². The van der Waals surface area contributed by atoms with Crippen molar-refractivity contribution < 1.29 is 0 Å². The largest absolute Gasteiger partial charge is 0.316 e. The highest BCUT2D eigenvalue weighted by Crippen LogP contribution is 2.33. The van der Waals surface area contributed by atoms with Crippen molar-refractivity contribution >= 4 is 0 Å². The van der Waals surface area contributed by atoms with Crippen molar-refractivity contribution in [1.82, 2.24) is 15.1 Å². The number of aryl methyl sites for hydroxylation is 1. The molecule has 0 radical (unpaired) electrons. The number of nitrogens with zero attached hydrogens (tertiary/aromatic N) is 2. The molecule has 84 valence electrons. The lowest BCUT2D eigenvalue weighted by molar-refractivity contribution is 0.594. The minimum atomic E-state index is 1.07. The van der Waals surface area contributed by atoms with Crippen molar-refractivity contribution in [1.29, 1.82) is 0 Å². The Kier molecular flexibility index (Phi) is 3.78. The molecule has 1 aliphatic carbocycles. The normalized spacial score (nSPS) is 15.8. The highest BCUT2D eigenvalue weighted by Gasteiger charge is 2.19. The van der Waals surface area contributed by atoms with Crippen molar-refractivity contribution in [3.63, 3.8) is 0 Å². The van der Waals surface area contributed by atoms with Crippen LogP contribution in [0.5, 0.6) is 0 Å². The monoisotopic (exact) mass is 207 g/mol. The summed E-state index contributed by atoms with van der Waals surface area (Å²) in [6.45, 7) is 2.26. The molecule has 0 bridgehead atoms. The Morgan fingerprint density at radius 3 is 3.00 bits per heavy atom. The van der Waals surface area contributed by atoms with E-state index >= 15 is 0 Å². The molecule has 0 aromatic carbocycles. The van der Waals surface area contributed by atoms with Gasteiger partial charge < -0.3 is 5.32 Å². The van der Waals surface area contributed by atoms with Crippen LogP contribution in [0.2, 0.25) is 0 Å². The zero-order valence-corrected chi connectivity index (χ0v) is 9.58. The summed E-state index contributed by atoms with van der Waals surface area (Å²) >= 11 is 0. The van der Waals surface area contributed by atoms with E-state index in [1.807, 2.05) is 17.9 Å². The maximum absolute atomic E-state index is 4.15. The fourth-order valence-electron chi connectivity index (χ4n) is 1.88. The van der Waals surface area contributed by atoms with Crippen LogP contribution >= 0.6 is 0 Å². The summed E-state index contributed by atoms with van der Waals surface area (Å²) in [6.07, 6.45) is 10.9. The van der Waals surface area contributed by atoms with Crippen LogP contribution in [0, 0.1) is 5.92 Å². The van der Waals surface area contributed by atoms with Crippen molar-refractivity contribution in [2.24, 2.45) is 13.0 Å². The van der Waals surface area contributed by atoms with Crippen LogP contribution in [-0.2, 0) is 13.5 Å². The van der Waals surface area contributed by atoms with Gasteiger partial charge in [-0.25, -0.2) is 0 Å². The summed E-state index contributed by atoms with van der Waals surface area (Å²) in [6, 6.07) is 0. The molecule has 0 spiro atoms. The second-order valence-corrected chi connectivity index (χ2v) is 4.61. The van der Waals surface area contributed by atoms with Gasteiger partial charge in [0, 0.05) is 13.2 Å². The number of hydrogen-bond donors (Lipinski definition) is 1. The number of nitrogens with one attached hydrogen (secondary N) is 1. The van der Waals surface area contributed by atoms with E-state index in [1.54, 1.807) is 0 Å². The molecule has 1 aliphatic rings. The van der Waals surface area contributed by atoms with Crippen LogP contribution in [0.4, 0.5) is 0 Å². The maximum Gasteiger partial charge on any atom is 0.0522 e. The van der Waals surface area contributed by atoms with Crippen molar-refractivity contribution in [2.45, 2.75) is 32.1 Å². The van der Waals surface area contributed by atoms with Gasteiger partial charge in [-0.3, -0.25) is 4.68 Å². The van der Waals surface area contributed by atoms with Crippen LogP contribution in [0.25, 0.3) is 0 Å². The SMILES string of the molecule is Cn1cc(CCNCCCC2CC2)cn1. The fraction of sp³-hybridized carbons (Fsp3) is 0.750. The van der Waals surface area contributed by atoms with Gasteiger partial charge in [0.15, 0.2) is 0 Å². The second-order valence-electron chi connectivity index (χ2n) is 4.61. The minimum absolute atomic E-state index is 1.07. The first-order chi connectivity index (χ1) is 7.34. The quantitative estimate of drug-likeness (QED) is 0.690. The molecule has 15 heavy (non-hydrogen) atoms. The molecule has 0 unspecified atom stereocenters. The molecular weight excluding hydrogens is 186 g/mol. The molecule has 0 saturated heterocycles. The highest BCUT2D eigenvalue weighted by molar-refractivity contribution is 5.03. The van der Waals surface area contributed by atoms with E-state index in [9.17, 15) is 0 Å². The molecule has 1 N–H and O–H groups in total. The average Bonchev–Trinajstić information content (AvgIpc) is 2.95. The average molecular weight is 207 g/mol. The van der Waals surface area contributed by atoms with Crippen molar-refractivity contribution in [2.75, 3.05) is 13.1 Å². The number of hydrogen-bond acceptors (Lipinski definition) is 2. The molecule has 1 heterocycles. The standard InChI is InChI=1S/C12H21N3/c1-15-10-12(9-14-15)6-8-13-7-2-3-11-4-5-11/h9-11,13H,2-8H2,1H3. The Labute approximate surface area is 91.9 Å². The molecule has 2 rings (SSSR count). The van der Waals surface area contributed by atoms with E-state index in [0.717, 1.165) is 18.9 Å². The van der Waals surface area contributed by atoms with Gasteiger partial charge >= 0.3 is 0 Å². The lowest BCUT2D eigenvalue weighted by Gasteiger charge is -2.02. The minimum Gasteiger partial charge on any atom is -0.316 e. The molecule has 1 saturated carbocycles. The van der Waals surface area contributed by atoms with E-state index < -0.39 is 0 Å². The summed E-state index contributed by atoms with van der Waals surface area (Å²) in [5.74, 6) is 1.07. The zero-order valence-electron chi connectivity index (χ0n) is 9.58. The number of rotatable bonds is 7.